The molecule has 0 spiro atoms. The maximum atomic E-state index is 9.22. The molecule has 0 aliphatic rings. The van der Waals surface area contributed by atoms with Gasteiger partial charge in [-0.2, -0.15) is 0 Å². The average molecular weight is 229 g/mol. The Morgan fingerprint density at radius 2 is 2.13 bits per heavy atom. The number of aliphatic hydroxyl groups is 1. The van der Waals surface area contributed by atoms with Crippen molar-refractivity contribution in [3.8, 4) is 0 Å². The number of nitrogens with one attached hydrogen (secondary N) is 1. The molecule has 3 nitrogen and oxygen atoms in total. The predicted octanol–water partition coefficient (Wildman–Crippen LogP) is 2.49. The van der Waals surface area contributed by atoms with Gasteiger partial charge in [0.1, 0.15) is 0 Å². The zero-order valence-electron chi connectivity index (χ0n) is 9.00. The monoisotopic (exact) mass is 228 g/mol. The zero-order chi connectivity index (χ0) is 11.4. The highest BCUT2D eigenvalue weighted by Crippen LogP contribution is 2.23. The zero-order valence-corrected chi connectivity index (χ0v) is 9.75. The molecule has 4 N–H and O–H groups in total. The molecule has 1 aromatic rings. The first-order valence-corrected chi connectivity index (χ1v) is 5.36. The summed E-state index contributed by atoms with van der Waals surface area (Å²) in [4.78, 5) is 0. The Balaban J connectivity index is 2.64. The van der Waals surface area contributed by atoms with Gasteiger partial charge >= 0.3 is 0 Å². The van der Waals surface area contributed by atoms with Gasteiger partial charge in [0.15, 0.2) is 0 Å². The Bertz CT molecular complexity index is 328. The van der Waals surface area contributed by atoms with E-state index < -0.39 is 0 Å². The van der Waals surface area contributed by atoms with Crippen LogP contribution in [0.25, 0.3) is 0 Å². The molecule has 0 bridgehead atoms. The molecule has 0 saturated heterocycles. The van der Waals surface area contributed by atoms with E-state index in [2.05, 4.69) is 5.32 Å². The fourth-order valence-corrected chi connectivity index (χ4v) is 1.68. The topological polar surface area (TPSA) is 58.3 Å². The van der Waals surface area contributed by atoms with Gasteiger partial charge in [-0.1, -0.05) is 11.6 Å². The first-order chi connectivity index (χ1) is 6.99. The van der Waals surface area contributed by atoms with Gasteiger partial charge in [0.05, 0.1) is 17.5 Å². The van der Waals surface area contributed by atoms with E-state index in [1.807, 2.05) is 13.0 Å². The van der Waals surface area contributed by atoms with Gasteiger partial charge in [-0.25, -0.2) is 0 Å². The normalized spacial score (nSPS) is 14.7. The molecule has 84 valence electrons. The van der Waals surface area contributed by atoms with Crippen molar-refractivity contribution in [1.82, 2.24) is 0 Å². The van der Waals surface area contributed by atoms with E-state index in [0.717, 1.165) is 5.69 Å². The lowest BCUT2D eigenvalue weighted by Gasteiger charge is -2.18. The second kappa shape index (κ2) is 5.24. The summed E-state index contributed by atoms with van der Waals surface area (Å²) in [7, 11) is 0. The number of hydrogen-bond acceptors (Lipinski definition) is 3. The number of hydrogen-bond donors (Lipinski definition) is 3. The maximum Gasteiger partial charge on any atom is 0.0577 e. The average Bonchev–Trinajstić information content (AvgIpc) is 2.08. The van der Waals surface area contributed by atoms with Gasteiger partial charge in [-0.3, -0.25) is 0 Å². The van der Waals surface area contributed by atoms with E-state index in [9.17, 15) is 5.11 Å². The second-order valence-corrected chi connectivity index (χ2v) is 4.30. The summed E-state index contributed by atoms with van der Waals surface area (Å²) >= 11 is 5.79. The molecular weight excluding hydrogens is 212 g/mol. The molecule has 2 atom stereocenters. The number of anilines is 2. The third-order valence-electron chi connectivity index (χ3n) is 2.11. The number of aliphatic hydroxyl groups excluding tert-OH is 1. The van der Waals surface area contributed by atoms with Crippen LogP contribution in [0.5, 0.6) is 0 Å². The quantitative estimate of drug-likeness (QED) is 0.694. The molecule has 0 amide bonds. The minimum atomic E-state index is -0.318. The highest BCUT2D eigenvalue weighted by atomic mass is 35.5. The van der Waals surface area contributed by atoms with Crippen molar-refractivity contribution in [3.05, 3.63) is 23.2 Å². The van der Waals surface area contributed by atoms with E-state index >= 15 is 0 Å². The third-order valence-corrected chi connectivity index (χ3v) is 2.35. The number of nitrogens with two attached hydrogens (primary N) is 1. The molecule has 0 saturated carbocycles. The van der Waals surface area contributed by atoms with Gasteiger partial charge in [0.2, 0.25) is 0 Å². The third kappa shape index (κ3) is 3.98. The maximum absolute atomic E-state index is 9.22. The summed E-state index contributed by atoms with van der Waals surface area (Å²) in [6, 6.07) is 5.51. The van der Waals surface area contributed by atoms with Gasteiger partial charge in [-0.05, 0) is 38.5 Å². The van der Waals surface area contributed by atoms with Crippen LogP contribution in [0.15, 0.2) is 18.2 Å². The molecule has 0 fully saturated rings. The van der Waals surface area contributed by atoms with E-state index in [-0.39, 0.29) is 12.1 Å². The van der Waals surface area contributed by atoms with Crippen molar-refractivity contribution in [1.29, 1.82) is 0 Å². The summed E-state index contributed by atoms with van der Waals surface area (Å²) in [6.45, 7) is 3.77. The van der Waals surface area contributed by atoms with Crippen molar-refractivity contribution in [2.45, 2.75) is 32.4 Å². The SMILES string of the molecule is CC(O)CC(C)Nc1ccc(Cl)cc1N. The summed E-state index contributed by atoms with van der Waals surface area (Å²) in [5.74, 6) is 0. The van der Waals surface area contributed by atoms with Gasteiger partial charge in [0, 0.05) is 11.1 Å². The number of halogens is 1. The first kappa shape index (κ1) is 12.1. The fraction of sp³-hybridized carbons (Fsp3) is 0.455. The molecule has 1 rings (SSSR count). The summed E-state index contributed by atoms with van der Waals surface area (Å²) in [5.41, 5.74) is 7.27. The largest absolute Gasteiger partial charge is 0.397 e. The minimum absolute atomic E-state index is 0.175. The Hall–Kier alpha value is -0.930. The van der Waals surface area contributed by atoms with E-state index in [4.69, 9.17) is 17.3 Å². The van der Waals surface area contributed by atoms with Crippen LogP contribution in [0, 0.1) is 0 Å². The molecule has 0 aromatic heterocycles. The second-order valence-electron chi connectivity index (χ2n) is 3.86. The standard InChI is InChI=1S/C11H17ClN2O/c1-7(5-8(2)15)14-11-4-3-9(12)6-10(11)13/h3-4,6-8,14-15H,5,13H2,1-2H3. The molecular formula is C11H17ClN2O. The fourth-order valence-electron chi connectivity index (χ4n) is 1.50. The van der Waals surface area contributed by atoms with Gasteiger partial charge < -0.3 is 16.2 Å². The van der Waals surface area contributed by atoms with Crippen LogP contribution in [-0.4, -0.2) is 17.3 Å². The van der Waals surface area contributed by atoms with E-state index in [1.54, 1.807) is 19.1 Å². The van der Waals surface area contributed by atoms with Crippen molar-refractivity contribution >= 4 is 23.0 Å². The van der Waals surface area contributed by atoms with Crippen LogP contribution < -0.4 is 11.1 Å². The number of rotatable bonds is 4. The van der Waals surface area contributed by atoms with Crippen LogP contribution in [0.1, 0.15) is 20.3 Å². The Kier molecular flexibility index (Phi) is 4.24. The molecule has 0 aliphatic heterocycles. The highest BCUT2D eigenvalue weighted by Gasteiger charge is 2.07. The summed E-state index contributed by atoms with van der Waals surface area (Å²) in [6.07, 6.45) is 0.364. The van der Waals surface area contributed by atoms with Crippen molar-refractivity contribution in [3.63, 3.8) is 0 Å². The Morgan fingerprint density at radius 3 is 2.67 bits per heavy atom. The van der Waals surface area contributed by atoms with Crippen LogP contribution in [-0.2, 0) is 0 Å². The lowest BCUT2D eigenvalue weighted by atomic mass is 10.1. The van der Waals surface area contributed by atoms with Crippen molar-refractivity contribution in [2.75, 3.05) is 11.1 Å². The van der Waals surface area contributed by atoms with Crippen molar-refractivity contribution < 1.29 is 5.11 Å². The van der Waals surface area contributed by atoms with E-state index in [1.165, 1.54) is 0 Å². The number of nitrogen functional groups attached to an aromatic ring is 1. The van der Waals surface area contributed by atoms with Crippen LogP contribution in [0.2, 0.25) is 5.02 Å². The molecule has 15 heavy (non-hydrogen) atoms. The van der Waals surface area contributed by atoms with Crippen LogP contribution >= 0.6 is 11.6 Å². The van der Waals surface area contributed by atoms with E-state index in [0.29, 0.717) is 17.1 Å². The molecule has 0 radical (unpaired) electrons. The predicted molar refractivity (Wildman–Crippen MR) is 65.2 cm³/mol. The van der Waals surface area contributed by atoms with Crippen LogP contribution in [0.4, 0.5) is 11.4 Å². The first-order valence-electron chi connectivity index (χ1n) is 4.98. The molecule has 1 aromatic carbocycles. The Morgan fingerprint density at radius 1 is 1.47 bits per heavy atom. The molecule has 4 heteroatoms. The molecule has 2 unspecified atom stereocenters. The van der Waals surface area contributed by atoms with Gasteiger partial charge in [-0.15, -0.1) is 0 Å². The van der Waals surface area contributed by atoms with Gasteiger partial charge in [0.25, 0.3) is 0 Å². The lowest BCUT2D eigenvalue weighted by Crippen LogP contribution is -2.21. The highest BCUT2D eigenvalue weighted by molar-refractivity contribution is 6.31. The molecule has 0 heterocycles. The Labute approximate surface area is 95.2 Å². The summed E-state index contributed by atoms with van der Waals surface area (Å²) < 4.78 is 0. The minimum Gasteiger partial charge on any atom is -0.397 e. The van der Waals surface area contributed by atoms with Crippen LogP contribution in [0.3, 0.4) is 0 Å². The smallest absolute Gasteiger partial charge is 0.0577 e. The van der Waals surface area contributed by atoms with Crippen molar-refractivity contribution in [2.24, 2.45) is 0 Å². The number of benzene rings is 1. The molecule has 0 aliphatic carbocycles. The summed E-state index contributed by atoms with van der Waals surface area (Å²) in [5, 5.41) is 13.1. The lowest BCUT2D eigenvalue weighted by molar-refractivity contribution is 0.179.